The minimum absolute atomic E-state index is 0. The number of methoxy groups -OCH3 is 1. The largest absolute Gasteiger partial charge is 0.384 e. The van der Waals surface area contributed by atoms with E-state index in [9.17, 15) is 4.79 Å². The van der Waals surface area contributed by atoms with E-state index in [1.807, 2.05) is 0 Å². The van der Waals surface area contributed by atoms with Gasteiger partial charge in [0.05, 0.1) is 6.61 Å². The van der Waals surface area contributed by atoms with E-state index in [2.05, 4.69) is 11.8 Å². The smallest absolute Gasteiger partial charge is 0.225 e. The molecule has 1 heterocycles. The summed E-state index contributed by atoms with van der Waals surface area (Å²) in [5, 5.41) is 0. The van der Waals surface area contributed by atoms with Crippen molar-refractivity contribution >= 4 is 18.3 Å². The van der Waals surface area contributed by atoms with Gasteiger partial charge in [0.2, 0.25) is 5.91 Å². The van der Waals surface area contributed by atoms with Crippen molar-refractivity contribution in [2.75, 3.05) is 26.8 Å². The van der Waals surface area contributed by atoms with E-state index in [1.54, 1.807) is 7.11 Å². The highest BCUT2D eigenvalue weighted by molar-refractivity contribution is 5.85. The number of fused-ring (bicyclic) bond motifs is 2. The summed E-state index contributed by atoms with van der Waals surface area (Å²) >= 11 is 0. The van der Waals surface area contributed by atoms with Crippen molar-refractivity contribution in [1.29, 1.82) is 0 Å². The number of rotatable bonds is 3. The van der Waals surface area contributed by atoms with E-state index < -0.39 is 0 Å². The monoisotopic (exact) mass is 344 g/mol. The quantitative estimate of drug-likeness (QED) is 0.856. The Labute approximate surface area is 146 Å². The molecule has 3 rings (SSSR count). The van der Waals surface area contributed by atoms with E-state index in [0.717, 1.165) is 45.4 Å². The number of nitrogens with zero attached hydrogens (tertiary/aromatic N) is 1. The third kappa shape index (κ3) is 4.02. The second-order valence-electron chi connectivity index (χ2n) is 8.27. The molecule has 2 unspecified atom stereocenters. The third-order valence-electron chi connectivity index (χ3n) is 6.54. The zero-order valence-corrected chi connectivity index (χ0v) is 15.4. The van der Waals surface area contributed by atoms with Crippen LogP contribution >= 0.6 is 12.4 Å². The molecular formula is C18H33ClN2O2. The zero-order chi connectivity index (χ0) is 15.7. The molecule has 0 spiro atoms. The van der Waals surface area contributed by atoms with Crippen LogP contribution in [0.1, 0.15) is 51.9 Å². The van der Waals surface area contributed by atoms with Crippen LogP contribution in [0.5, 0.6) is 0 Å². The number of hydrogen-bond donors (Lipinski definition) is 1. The molecular weight excluding hydrogens is 312 g/mol. The predicted molar refractivity (Wildman–Crippen MR) is 94.6 cm³/mol. The lowest BCUT2D eigenvalue weighted by Gasteiger charge is -2.46. The van der Waals surface area contributed by atoms with Crippen LogP contribution < -0.4 is 5.73 Å². The summed E-state index contributed by atoms with van der Waals surface area (Å²) < 4.78 is 5.34. The first-order valence-corrected chi connectivity index (χ1v) is 9.06. The second kappa shape index (κ2) is 7.71. The van der Waals surface area contributed by atoms with Gasteiger partial charge in [0.25, 0.3) is 0 Å². The Morgan fingerprint density at radius 1 is 1.22 bits per heavy atom. The first-order valence-electron chi connectivity index (χ1n) is 9.06. The molecule has 1 aliphatic heterocycles. The topological polar surface area (TPSA) is 55.6 Å². The normalized spacial score (nSPS) is 36.2. The molecule has 2 atom stereocenters. The highest BCUT2D eigenvalue weighted by Crippen LogP contribution is 2.43. The van der Waals surface area contributed by atoms with E-state index >= 15 is 0 Å². The van der Waals surface area contributed by atoms with Crippen molar-refractivity contribution in [3.05, 3.63) is 0 Å². The number of ether oxygens (including phenoxy) is 1. The lowest BCUT2D eigenvalue weighted by molar-refractivity contribution is -0.141. The molecule has 23 heavy (non-hydrogen) atoms. The molecule has 2 saturated carbocycles. The predicted octanol–water partition coefficient (Wildman–Crippen LogP) is 2.84. The zero-order valence-electron chi connectivity index (χ0n) is 14.6. The van der Waals surface area contributed by atoms with Crippen LogP contribution in [0.3, 0.4) is 0 Å². The first-order chi connectivity index (χ1) is 10.5. The Morgan fingerprint density at radius 3 is 2.30 bits per heavy atom. The number of amides is 1. The molecule has 0 aromatic heterocycles. The summed E-state index contributed by atoms with van der Waals surface area (Å²) in [7, 11) is 1.77. The average molecular weight is 345 g/mol. The molecule has 1 saturated heterocycles. The van der Waals surface area contributed by atoms with Gasteiger partial charge in [-0.2, -0.15) is 0 Å². The second-order valence-corrected chi connectivity index (χ2v) is 8.27. The molecule has 0 aromatic rings. The molecule has 0 aromatic carbocycles. The molecule has 3 fully saturated rings. The average Bonchev–Trinajstić information content (AvgIpc) is 2.47. The maximum atomic E-state index is 12.9. The minimum Gasteiger partial charge on any atom is -0.384 e. The van der Waals surface area contributed by atoms with Crippen LogP contribution in [-0.2, 0) is 9.53 Å². The van der Waals surface area contributed by atoms with Crippen molar-refractivity contribution in [2.45, 2.75) is 57.9 Å². The van der Waals surface area contributed by atoms with Crippen molar-refractivity contribution in [3.63, 3.8) is 0 Å². The Bertz CT molecular complexity index is 396. The van der Waals surface area contributed by atoms with Crippen LogP contribution in [0.25, 0.3) is 0 Å². The number of likely N-dealkylation sites (tertiary alicyclic amines) is 1. The first kappa shape index (κ1) is 19.0. The van der Waals surface area contributed by atoms with E-state index in [1.165, 1.54) is 19.3 Å². The summed E-state index contributed by atoms with van der Waals surface area (Å²) in [6.45, 7) is 4.88. The molecule has 5 heteroatoms. The van der Waals surface area contributed by atoms with Gasteiger partial charge in [-0.1, -0.05) is 13.3 Å². The highest BCUT2D eigenvalue weighted by Gasteiger charge is 2.42. The van der Waals surface area contributed by atoms with Gasteiger partial charge in [0, 0.05) is 32.2 Å². The summed E-state index contributed by atoms with van der Waals surface area (Å²) in [5.41, 5.74) is 6.60. The Morgan fingerprint density at radius 2 is 1.78 bits per heavy atom. The van der Waals surface area contributed by atoms with Gasteiger partial charge >= 0.3 is 0 Å². The van der Waals surface area contributed by atoms with Crippen LogP contribution in [0.15, 0.2) is 0 Å². The van der Waals surface area contributed by atoms with Crippen LogP contribution in [0.4, 0.5) is 0 Å². The summed E-state index contributed by atoms with van der Waals surface area (Å²) in [4.78, 5) is 15.0. The number of hydrogen-bond acceptors (Lipinski definition) is 3. The summed E-state index contributed by atoms with van der Waals surface area (Å²) in [6, 6.07) is 0.351. The maximum absolute atomic E-state index is 12.9. The van der Waals surface area contributed by atoms with Crippen molar-refractivity contribution in [2.24, 2.45) is 28.9 Å². The summed E-state index contributed by atoms with van der Waals surface area (Å²) in [5.74, 6) is 1.82. The fourth-order valence-electron chi connectivity index (χ4n) is 5.01. The van der Waals surface area contributed by atoms with Crippen molar-refractivity contribution in [3.8, 4) is 0 Å². The van der Waals surface area contributed by atoms with Crippen molar-refractivity contribution < 1.29 is 9.53 Å². The number of piperidine rings is 1. The molecule has 4 nitrogen and oxygen atoms in total. The Hall–Kier alpha value is -0.320. The van der Waals surface area contributed by atoms with Gasteiger partial charge in [0.15, 0.2) is 0 Å². The SMILES string of the molecule is COCC1(C)CCN(C(=O)C2CC3CCCC(C2)C3N)CC1.Cl. The number of carbonyl (C=O) groups excluding carboxylic acids is 1. The molecule has 2 bridgehead atoms. The highest BCUT2D eigenvalue weighted by atomic mass is 35.5. The maximum Gasteiger partial charge on any atom is 0.225 e. The number of nitrogens with two attached hydrogens (primary N) is 1. The molecule has 2 N–H and O–H groups in total. The summed E-state index contributed by atoms with van der Waals surface area (Å²) in [6.07, 6.45) is 7.95. The minimum atomic E-state index is 0. The van der Waals surface area contributed by atoms with E-state index in [0.29, 0.717) is 23.8 Å². The van der Waals surface area contributed by atoms with Crippen LogP contribution in [0, 0.1) is 23.2 Å². The van der Waals surface area contributed by atoms with Gasteiger partial charge in [-0.3, -0.25) is 4.79 Å². The lowest BCUT2D eigenvalue weighted by atomic mass is 9.64. The van der Waals surface area contributed by atoms with Gasteiger partial charge in [-0.15, -0.1) is 12.4 Å². The molecule has 134 valence electrons. The van der Waals surface area contributed by atoms with Crippen molar-refractivity contribution in [1.82, 2.24) is 4.90 Å². The van der Waals surface area contributed by atoms with Gasteiger partial charge in [-0.25, -0.2) is 0 Å². The molecule has 0 radical (unpaired) electrons. The molecule has 1 amide bonds. The Balaban J connectivity index is 0.00000192. The molecule has 3 aliphatic rings. The van der Waals surface area contributed by atoms with Crippen LogP contribution in [0.2, 0.25) is 0 Å². The Kier molecular flexibility index (Phi) is 6.37. The fourth-order valence-corrected chi connectivity index (χ4v) is 5.01. The van der Waals surface area contributed by atoms with Gasteiger partial charge in [0.1, 0.15) is 0 Å². The van der Waals surface area contributed by atoms with E-state index in [4.69, 9.17) is 10.5 Å². The van der Waals surface area contributed by atoms with E-state index in [-0.39, 0.29) is 23.7 Å². The molecule has 2 aliphatic carbocycles. The number of carbonyl (C=O) groups is 1. The van der Waals surface area contributed by atoms with Gasteiger partial charge in [-0.05, 0) is 55.8 Å². The number of halogens is 1. The fraction of sp³-hybridized carbons (Fsp3) is 0.944. The van der Waals surface area contributed by atoms with Crippen LogP contribution in [-0.4, -0.2) is 43.7 Å². The lowest BCUT2D eigenvalue weighted by Crippen LogP contribution is -2.51. The third-order valence-corrected chi connectivity index (χ3v) is 6.54. The van der Waals surface area contributed by atoms with Gasteiger partial charge < -0.3 is 15.4 Å². The standard InChI is InChI=1S/C18H32N2O2.ClH/c1-18(12-22-2)6-8-20(9-7-18)17(21)15-10-13-4-3-5-14(11-15)16(13)19;/h13-16H,3-12,19H2,1-2H3;1H.